The van der Waals surface area contributed by atoms with Crippen LogP contribution in [0, 0.1) is 0 Å². The number of fused-ring (bicyclic) bond motifs is 1. The van der Waals surface area contributed by atoms with Gasteiger partial charge in [-0.15, -0.1) is 11.8 Å². The number of nitrogens with one attached hydrogen (secondary N) is 1. The Kier molecular flexibility index (Phi) is 7.65. The number of ether oxygens (including phenoxy) is 4. The second-order valence-electron chi connectivity index (χ2n) is 7.58. The van der Waals surface area contributed by atoms with Gasteiger partial charge in [0.1, 0.15) is 18.6 Å². The van der Waals surface area contributed by atoms with Crippen molar-refractivity contribution in [1.82, 2.24) is 5.32 Å². The number of nitrogens with zero attached hydrogens (tertiary/aromatic N) is 1. The van der Waals surface area contributed by atoms with E-state index in [-0.39, 0.29) is 6.23 Å². The van der Waals surface area contributed by atoms with Crippen molar-refractivity contribution < 1.29 is 18.9 Å². The second kappa shape index (κ2) is 10.8. The first kappa shape index (κ1) is 23.3. The molecular formula is C26H30N2O4S. The minimum absolute atomic E-state index is 0.249. The highest BCUT2D eigenvalue weighted by Gasteiger charge is 2.25. The van der Waals surface area contributed by atoms with Gasteiger partial charge in [0.05, 0.1) is 32.1 Å². The summed E-state index contributed by atoms with van der Waals surface area (Å²) < 4.78 is 22.9. The summed E-state index contributed by atoms with van der Waals surface area (Å²) in [6.45, 7) is 2.00. The van der Waals surface area contributed by atoms with E-state index in [1.54, 1.807) is 33.1 Å². The van der Waals surface area contributed by atoms with Crippen molar-refractivity contribution in [1.29, 1.82) is 0 Å². The molecule has 3 aromatic rings. The Morgan fingerprint density at radius 3 is 2.52 bits per heavy atom. The molecule has 0 aromatic heterocycles. The summed E-state index contributed by atoms with van der Waals surface area (Å²) in [5.41, 5.74) is 4.15. The van der Waals surface area contributed by atoms with Crippen LogP contribution in [0.15, 0.2) is 65.6 Å². The zero-order chi connectivity index (χ0) is 23.2. The number of benzene rings is 3. The predicted octanol–water partition coefficient (Wildman–Crippen LogP) is 5.39. The molecule has 33 heavy (non-hydrogen) atoms. The van der Waals surface area contributed by atoms with Crippen LogP contribution in [0.5, 0.6) is 17.2 Å². The number of anilines is 2. The molecule has 0 fully saturated rings. The van der Waals surface area contributed by atoms with E-state index >= 15 is 0 Å². The second-order valence-corrected chi connectivity index (χ2v) is 8.46. The predicted molar refractivity (Wildman–Crippen MR) is 133 cm³/mol. The quantitative estimate of drug-likeness (QED) is 0.335. The lowest BCUT2D eigenvalue weighted by Gasteiger charge is -2.33. The van der Waals surface area contributed by atoms with Crippen LogP contribution < -0.4 is 24.4 Å². The molecule has 7 heteroatoms. The van der Waals surface area contributed by atoms with Crippen LogP contribution in [0.2, 0.25) is 0 Å². The molecule has 0 saturated carbocycles. The van der Waals surface area contributed by atoms with Gasteiger partial charge < -0.3 is 23.8 Å². The van der Waals surface area contributed by atoms with Crippen LogP contribution in [-0.2, 0) is 11.3 Å². The van der Waals surface area contributed by atoms with Gasteiger partial charge in [-0.1, -0.05) is 24.3 Å². The highest BCUT2D eigenvalue weighted by atomic mass is 32.2. The van der Waals surface area contributed by atoms with Crippen LogP contribution in [-0.4, -0.2) is 40.7 Å². The fraction of sp³-hybridized carbons (Fsp3) is 0.308. The van der Waals surface area contributed by atoms with Crippen molar-refractivity contribution in [3.63, 3.8) is 0 Å². The normalized spacial score (nSPS) is 13.8. The van der Waals surface area contributed by atoms with Gasteiger partial charge in [-0.25, -0.2) is 0 Å². The maximum atomic E-state index is 6.03. The summed E-state index contributed by atoms with van der Waals surface area (Å²) in [4.78, 5) is 3.46. The van der Waals surface area contributed by atoms with Crippen LogP contribution >= 0.6 is 11.8 Å². The lowest BCUT2D eigenvalue weighted by atomic mass is 10.1. The molecule has 0 bridgehead atoms. The number of hydrogen-bond acceptors (Lipinski definition) is 7. The molecule has 1 aliphatic heterocycles. The molecule has 6 nitrogen and oxygen atoms in total. The van der Waals surface area contributed by atoms with Crippen molar-refractivity contribution in [3.8, 4) is 17.2 Å². The van der Waals surface area contributed by atoms with Crippen LogP contribution in [0.4, 0.5) is 11.4 Å². The van der Waals surface area contributed by atoms with Gasteiger partial charge in [-0.05, 0) is 53.8 Å². The van der Waals surface area contributed by atoms with E-state index in [2.05, 4.69) is 52.9 Å². The fourth-order valence-electron chi connectivity index (χ4n) is 4.02. The molecule has 3 aromatic carbocycles. The Labute approximate surface area is 199 Å². The van der Waals surface area contributed by atoms with Gasteiger partial charge in [0.25, 0.3) is 0 Å². The maximum absolute atomic E-state index is 6.03. The van der Waals surface area contributed by atoms with Gasteiger partial charge in [0, 0.05) is 18.6 Å². The number of hydrogen-bond donors (Lipinski definition) is 1. The standard InChI is InChI=1S/C26H30N2O4S/c1-29-23-7-5-6-22(25(23)30-2)28-14-15-32-24-16-19(10-13-21(24)28)26(31-3)27-17-18-8-11-20(33-4)12-9-18/h5-13,16,26-27H,14-15,17H2,1-4H3. The molecular weight excluding hydrogens is 436 g/mol. The summed E-state index contributed by atoms with van der Waals surface area (Å²) in [6, 6.07) is 20.7. The molecule has 4 rings (SSSR count). The highest BCUT2D eigenvalue weighted by molar-refractivity contribution is 7.98. The Bertz CT molecular complexity index is 1070. The van der Waals surface area contributed by atoms with E-state index in [0.29, 0.717) is 31.2 Å². The molecule has 0 aliphatic carbocycles. The van der Waals surface area contributed by atoms with E-state index in [1.807, 2.05) is 24.3 Å². The molecule has 1 heterocycles. The molecule has 1 aliphatic rings. The Hall–Kier alpha value is -2.87. The van der Waals surface area contributed by atoms with Gasteiger partial charge in [-0.2, -0.15) is 0 Å². The number of para-hydroxylation sites is 1. The third-order valence-corrected chi connectivity index (χ3v) is 6.45. The zero-order valence-electron chi connectivity index (χ0n) is 19.5. The smallest absolute Gasteiger partial charge is 0.184 e. The zero-order valence-corrected chi connectivity index (χ0v) is 20.3. The SMILES string of the molecule is COc1cccc(N2CCOc3cc(C(NCc4ccc(SC)cc4)OC)ccc32)c1OC. The summed E-state index contributed by atoms with van der Waals surface area (Å²) in [6.07, 6.45) is 1.83. The van der Waals surface area contributed by atoms with E-state index in [1.165, 1.54) is 10.5 Å². The summed E-state index contributed by atoms with van der Waals surface area (Å²) in [5.74, 6) is 2.23. The summed E-state index contributed by atoms with van der Waals surface area (Å²) >= 11 is 1.74. The molecule has 0 spiro atoms. The first-order valence-corrected chi connectivity index (χ1v) is 12.0. The van der Waals surface area contributed by atoms with E-state index < -0.39 is 0 Å². The summed E-state index contributed by atoms with van der Waals surface area (Å²) in [5, 5.41) is 3.49. The first-order valence-electron chi connectivity index (χ1n) is 10.8. The third-order valence-electron chi connectivity index (χ3n) is 5.71. The van der Waals surface area contributed by atoms with Crippen molar-refractivity contribution >= 4 is 23.1 Å². The average Bonchev–Trinajstić information content (AvgIpc) is 2.88. The lowest BCUT2D eigenvalue weighted by Crippen LogP contribution is -2.29. The Balaban J connectivity index is 1.56. The minimum Gasteiger partial charge on any atom is -0.493 e. The fourth-order valence-corrected chi connectivity index (χ4v) is 4.43. The topological polar surface area (TPSA) is 52.2 Å². The third kappa shape index (κ3) is 5.05. The summed E-state index contributed by atoms with van der Waals surface area (Å²) in [7, 11) is 5.02. The molecule has 1 unspecified atom stereocenters. The van der Waals surface area contributed by atoms with Gasteiger partial charge in [-0.3, -0.25) is 5.32 Å². The highest BCUT2D eigenvalue weighted by Crippen LogP contribution is 2.44. The molecule has 0 amide bonds. The van der Waals surface area contributed by atoms with E-state index in [4.69, 9.17) is 18.9 Å². The molecule has 1 atom stereocenters. The van der Waals surface area contributed by atoms with Gasteiger partial charge in [0.2, 0.25) is 0 Å². The number of methoxy groups -OCH3 is 3. The van der Waals surface area contributed by atoms with Gasteiger partial charge >= 0.3 is 0 Å². The maximum Gasteiger partial charge on any atom is 0.184 e. The minimum atomic E-state index is -0.249. The molecule has 0 radical (unpaired) electrons. The van der Waals surface area contributed by atoms with Crippen molar-refractivity contribution in [2.24, 2.45) is 0 Å². The molecule has 1 N–H and O–H groups in total. The first-order chi connectivity index (χ1) is 16.2. The van der Waals surface area contributed by atoms with E-state index in [9.17, 15) is 0 Å². The van der Waals surface area contributed by atoms with Crippen LogP contribution in [0.3, 0.4) is 0 Å². The largest absolute Gasteiger partial charge is 0.493 e. The van der Waals surface area contributed by atoms with Gasteiger partial charge in [0.15, 0.2) is 11.5 Å². The van der Waals surface area contributed by atoms with E-state index in [0.717, 1.165) is 22.7 Å². The Morgan fingerprint density at radius 1 is 1.00 bits per heavy atom. The van der Waals surface area contributed by atoms with Crippen molar-refractivity contribution in [2.75, 3.05) is 45.6 Å². The average molecular weight is 467 g/mol. The lowest BCUT2D eigenvalue weighted by molar-refractivity contribution is 0.0718. The number of rotatable bonds is 9. The van der Waals surface area contributed by atoms with Crippen molar-refractivity contribution in [3.05, 3.63) is 71.8 Å². The van der Waals surface area contributed by atoms with Crippen molar-refractivity contribution in [2.45, 2.75) is 17.7 Å². The monoisotopic (exact) mass is 466 g/mol. The molecule has 174 valence electrons. The van der Waals surface area contributed by atoms with Crippen LogP contribution in [0.25, 0.3) is 0 Å². The molecule has 0 saturated heterocycles. The van der Waals surface area contributed by atoms with Crippen LogP contribution in [0.1, 0.15) is 17.4 Å². The number of thioether (sulfide) groups is 1. The Morgan fingerprint density at radius 2 is 1.82 bits per heavy atom.